The van der Waals surface area contributed by atoms with Crippen molar-refractivity contribution in [1.29, 1.82) is 5.26 Å². The molecule has 0 aromatic heterocycles. The van der Waals surface area contributed by atoms with Crippen molar-refractivity contribution in [3.8, 4) is 6.07 Å². The Morgan fingerprint density at radius 1 is 1.43 bits per heavy atom. The van der Waals surface area contributed by atoms with Gasteiger partial charge in [0.05, 0.1) is 22.1 Å². The molecule has 1 N–H and O–H groups in total. The van der Waals surface area contributed by atoms with Crippen LogP contribution >= 0.6 is 11.6 Å². The van der Waals surface area contributed by atoms with E-state index < -0.39 is 15.7 Å². The molecule has 5 nitrogen and oxygen atoms in total. The van der Waals surface area contributed by atoms with Crippen LogP contribution in [0.15, 0.2) is 18.2 Å². The summed E-state index contributed by atoms with van der Waals surface area (Å²) in [7, 11) is -3.22. The summed E-state index contributed by atoms with van der Waals surface area (Å²) in [5, 5.41) is 11.7. The minimum Gasteiger partial charge on any atom is -0.326 e. The Morgan fingerprint density at radius 3 is 2.67 bits per heavy atom. The minimum absolute atomic E-state index is 0.0347. The van der Waals surface area contributed by atoms with Gasteiger partial charge in [-0.25, -0.2) is 8.42 Å². The van der Waals surface area contributed by atoms with E-state index in [1.54, 1.807) is 6.07 Å². The Bertz CT molecular complexity index is 663. The van der Waals surface area contributed by atoms with E-state index in [2.05, 4.69) is 5.32 Å². The molecule has 0 aliphatic carbocycles. The number of benzene rings is 1. The number of rotatable bonds is 6. The van der Waals surface area contributed by atoms with Gasteiger partial charge in [0.25, 0.3) is 0 Å². The normalized spacial score (nSPS) is 11.2. The number of anilines is 1. The van der Waals surface area contributed by atoms with Gasteiger partial charge in [-0.3, -0.25) is 4.79 Å². The van der Waals surface area contributed by atoms with E-state index in [0.717, 1.165) is 0 Å². The summed E-state index contributed by atoms with van der Waals surface area (Å²) in [6.07, 6.45) is -0.112. The zero-order valence-electron chi connectivity index (χ0n) is 11.9. The quantitative estimate of drug-likeness (QED) is 0.869. The first-order chi connectivity index (χ1) is 9.73. The fraction of sp³-hybridized carbons (Fsp3) is 0.429. The number of sulfone groups is 1. The lowest BCUT2D eigenvalue weighted by atomic mass is 10.2. The highest BCUT2D eigenvalue weighted by molar-refractivity contribution is 7.91. The molecule has 0 aliphatic heterocycles. The Hall–Kier alpha value is -1.58. The summed E-state index contributed by atoms with van der Waals surface area (Å²) in [4.78, 5) is 11.7. The van der Waals surface area contributed by atoms with Crippen LogP contribution in [0.25, 0.3) is 0 Å². The van der Waals surface area contributed by atoms with E-state index in [4.69, 9.17) is 16.9 Å². The van der Waals surface area contributed by atoms with Crippen LogP contribution in [0.4, 0.5) is 5.69 Å². The third-order valence-corrected chi connectivity index (χ3v) is 4.93. The molecule has 7 heteroatoms. The molecule has 0 bridgehead atoms. The number of halogens is 1. The van der Waals surface area contributed by atoms with Crippen molar-refractivity contribution in [2.45, 2.75) is 20.3 Å². The highest BCUT2D eigenvalue weighted by atomic mass is 35.5. The van der Waals surface area contributed by atoms with Gasteiger partial charge in [-0.05, 0) is 24.1 Å². The topological polar surface area (TPSA) is 87.0 Å². The fourth-order valence-electron chi connectivity index (χ4n) is 1.75. The lowest BCUT2D eigenvalue weighted by molar-refractivity contribution is -0.115. The van der Waals surface area contributed by atoms with Crippen LogP contribution in [-0.4, -0.2) is 25.8 Å². The highest BCUT2D eigenvalue weighted by Crippen LogP contribution is 2.19. The smallest absolute Gasteiger partial charge is 0.225 e. The van der Waals surface area contributed by atoms with Gasteiger partial charge in [-0.1, -0.05) is 25.4 Å². The molecule has 1 rings (SSSR count). The van der Waals surface area contributed by atoms with E-state index in [1.165, 1.54) is 12.1 Å². The second-order valence-corrected chi connectivity index (χ2v) is 7.75. The number of nitrogens with one attached hydrogen (secondary N) is 1. The van der Waals surface area contributed by atoms with Gasteiger partial charge < -0.3 is 5.32 Å². The summed E-state index contributed by atoms with van der Waals surface area (Å²) >= 11 is 5.79. The van der Waals surface area contributed by atoms with E-state index in [-0.39, 0.29) is 29.4 Å². The van der Waals surface area contributed by atoms with E-state index >= 15 is 0 Å². The molecular weight excluding hydrogens is 312 g/mol. The third-order valence-electron chi connectivity index (χ3n) is 2.60. The second kappa shape index (κ2) is 7.43. The van der Waals surface area contributed by atoms with E-state index in [1.807, 2.05) is 19.9 Å². The average Bonchev–Trinajstić information content (AvgIpc) is 2.37. The van der Waals surface area contributed by atoms with E-state index in [0.29, 0.717) is 10.7 Å². The van der Waals surface area contributed by atoms with Gasteiger partial charge in [0.15, 0.2) is 9.84 Å². The number of carbonyl (C=O) groups excluding carboxylic acids is 1. The molecule has 1 amide bonds. The maximum absolute atomic E-state index is 11.7. The van der Waals surface area contributed by atoms with Crippen LogP contribution in [0.3, 0.4) is 0 Å². The molecule has 1 aromatic rings. The molecule has 0 fully saturated rings. The molecule has 1 aromatic carbocycles. The minimum atomic E-state index is -3.22. The van der Waals surface area contributed by atoms with Crippen molar-refractivity contribution >= 4 is 33.0 Å². The predicted molar refractivity (Wildman–Crippen MR) is 82.9 cm³/mol. The van der Waals surface area contributed by atoms with E-state index in [9.17, 15) is 13.2 Å². The number of hydrogen-bond donors (Lipinski definition) is 1. The molecule has 114 valence electrons. The monoisotopic (exact) mass is 328 g/mol. The van der Waals surface area contributed by atoms with Gasteiger partial charge in [-0.2, -0.15) is 5.26 Å². The average molecular weight is 329 g/mol. The summed E-state index contributed by atoms with van der Waals surface area (Å²) in [6, 6.07) is 6.42. The molecule has 0 saturated carbocycles. The lowest BCUT2D eigenvalue weighted by Gasteiger charge is -2.08. The lowest BCUT2D eigenvalue weighted by Crippen LogP contribution is -2.21. The van der Waals surface area contributed by atoms with Crippen LogP contribution < -0.4 is 5.32 Å². The van der Waals surface area contributed by atoms with Crippen molar-refractivity contribution < 1.29 is 13.2 Å². The molecule has 0 unspecified atom stereocenters. The number of nitrogens with zero attached hydrogens (tertiary/aromatic N) is 1. The molecule has 0 saturated heterocycles. The summed E-state index contributed by atoms with van der Waals surface area (Å²) in [6.45, 7) is 3.63. The van der Waals surface area contributed by atoms with Crippen LogP contribution in [-0.2, 0) is 14.6 Å². The number of carbonyl (C=O) groups is 1. The van der Waals surface area contributed by atoms with Gasteiger partial charge in [-0.15, -0.1) is 0 Å². The third kappa shape index (κ3) is 6.15. The number of amides is 1. The summed E-state index contributed by atoms with van der Waals surface area (Å²) in [5.41, 5.74) is 0.670. The Kier molecular flexibility index (Phi) is 6.19. The first-order valence-corrected chi connectivity index (χ1v) is 8.63. The highest BCUT2D eigenvalue weighted by Gasteiger charge is 2.15. The van der Waals surface area contributed by atoms with Crippen molar-refractivity contribution in [2.24, 2.45) is 5.92 Å². The molecule has 21 heavy (non-hydrogen) atoms. The standard InChI is InChI=1S/C14H17ClN2O3S/c1-10(2)9-21(19,20)6-5-14(18)17-12-3-4-13(15)11(7-12)8-16/h3-4,7,10H,5-6,9H2,1-2H3,(H,17,18). The van der Waals surface area contributed by atoms with Gasteiger partial charge in [0.1, 0.15) is 6.07 Å². The molecule has 0 atom stereocenters. The van der Waals surface area contributed by atoms with Crippen LogP contribution in [0.2, 0.25) is 5.02 Å². The first-order valence-electron chi connectivity index (χ1n) is 6.43. The Balaban J connectivity index is 2.61. The van der Waals surface area contributed by atoms with Crippen LogP contribution in [0.5, 0.6) is 0 Å². The zero-order valence-corrected chi connectivity index (χ0v) is 13.5. The summed E-state index contributed by atoms with van der Waals surface area (Å²) < 4.78 is 23.4. The predicted octanol–water partition coefficient (Wildman–Crippen LogP) is 2.61. The number of nitriles is 1. The SMILES string of the molecule is CC(C)CS(=O)(=O)CCC(=O)Nc1ccc(Cl)c(C#N)c1. The maximum Gasteiger partial charge on any atom is 0.225 e. The maximum atomic E-state index is 11.7. The van der Waals surface area contributed by atoms with Crippen molar-refractivity contribution in [1.82, 2.24) is 0 Å². The van der Waals surface area contributed by atoms with Crippen molar-refractivity contribution in [2.75, 3.05) is 16.8 Å². The van der Waals surface area contributed by atoms with Gasteiger partial charge >= 0.3 is 0 Å². The molecular formula is C14H17ClN2O3S. The Labute approximate surface area is 129 Å². The largest absolute Gasteiger partial charge is 0.326 e. The second-order valence-electron chi connectivity index (χ2n) is 5.11. The molecule has 0 aliphatic rings. The van der Waals surface area contributed by atoms with Crippen molar-refractivity contribution in [3.63, 3.8) is 0 Å². The first kappa shape index (κ1) is 17.5. The molecule has 0 heterocycles. The van der Waals surface area contributed by atoms with Crippen LogP contribution in [0.1, 0.15) is 25.8 Å². The molecule has 0 radical (unpaired) electrons. The zero-order chi connectivity index (χ0) is 16.0. The van der Waals surface area contributed by atoms with Gasteiger partial charge in [0, 0.05) is 12.1 Å². The van der Waals surface area contributed by atoms with Crippen molar-refractivity contribution in [3.05, 3.63) is 28.8 Å². The summed E-state index contributed by atoms with van der Waals surface area (Å²) in [5.74, 6) is -0.490. The molecule has 0 spiro atoms. The fourth-order valence-corrected chi connectivity index (χ4v) is 3.59. The number of hydrogen-bond acceptors (Lipinski definition) is 4. The van der Waals surface area contributed by atoms with Crippen LogP contribution in [0, 0.1) is 17.2 Å². The van der Waals surface area contributed by atoms with Gasteiger partial charge in [0.2, 0.25) is 5.91 Å². The Morgan fingerprint density at radius 2 is 2.10 bits per heavy atom.